The highest BCUT2D eigenvalue weighted by Crippen LogP contribution is 2.33. The first-order chi connectivity index (χ1) is 11.6. The summed E-state index contributed by atoms with van der Waals surface area (Å²) < 4.78 is 4.46. The highest BCUT2D eigenvalue weighted by Gasteiger charge is 2.30. The second kappa shape index (κ2) is 5.49. The van der Waals surface area contributed by atoms with E-state index < -0.39 is 5.69 Å². The van der Waals surface area contributed by atoms with E-state index in [-0.39, 0.29) is 11.6 Å². The number of nitrogens with zero attached hydrogens (tertiary/aromatic N) is 4. The van der Waals surface area contributed by atoms with E-state index in [2.05, 4.69) is 11.6 Å². The molecule has 0 atom stereocenters. The number of hydrogen-bond donors (Lipinski definition) is 0. The van der Waals surface area contributed by atoms with Crippen molar-refractivity contribution < 1.29 is 0 Å². The van der Waals surface area contributed by atoms with Crippen LogP contribution in [0.2, 0.25) is 5.02 Å². The number of aromatic nitrogens is 4. The van der Waals surface area contributed by atoms with Gasteiger partial charge in [0, 0.05) is 12.6 Å². The maximum Gasteiger partial charge on any atom is 0.337 e. The van der Waals surface area contributed by atoms with Crippen LogP contribution in [-0.4, -0.2) is 18.7 Å². The molecule has 1 aliphatic rings. The predicted molar refractivity (Wildman–Crippen MR) is 93.1 cm³/mol. The van der Waals surface area contributed by atoms with Gasteiger partial charge in [0.05, 0.1) is 17.0 Å². The molecule has 0 unspecified atom stereocenters. The Labute approximate surface area is 142 Å². The number of benzene rings is 1. The molecule has 2 heterocycles. The minimum Gasteiger partial charge on any atom is -0.321 e. The molecule has 122 valence electrons. The average Bonchev–Trinajstić information content (AvgIpc) is 3.30. The van der Waals surface area contributed by atoms with Crippen molar-refractivity contribution in [1.29, 1.82) is 0 Å². The molecule has 0 amide bonds. The van der Waals surface area contributed by atoms with Crippen molar-refractivity contribution in [2.45, 2.75) is 25.4 Å². The lowest BCUT2D eigenvalue weighted by molar-refractivity contribution is 0.639. The van der Waals surface area contributed by atoms with E-state index >= 15 is 0 Å². The fraction of sp³-hybridized carbons (Fsp3) is 0.235. The van der Waals surface area contributed by atoms with Gasteiger partial charge in [-0.2, -0.15) is 0 Å². The first-order valence-corrected chi connectivity index (χ1v) is 8.09. The Kier molecular flexibility index (Phi) is 3.42. The molecular weight excluding hydrogens is 328 g/mol. The lowest BCUT2D eigenvalue weighted by atomic mass is 10.3. The van der Waals surface area contributed by atoms with Gasteiger partial charge in [0.2, 0.25) is 0 Å². The van der Waals surface area contributed by atoms with Gasteiger partial charge >= 0.3 is 5.69 Å². The third kappa shape index (κ3) is 2.14. The summed E-state index contributed by atoms with van der Waals surface area (Å²) in [5.41, 5.74) is 0.526. The van der Waals surface area contributed by atoms with Gasteiger partial charge in [-0.25, -0.2) is 14.3 Å². The smallest absolute Gasteiger partial charge is 0.321 e. The Balaban J connectivity index is 2.17. The molecule has 24 heavy (non-hydrogen) atoms. The Morgan fingerprint density at radius 1 is 1.29 bits per heavy atom. The minimum atomic E-state index is -0.396. The summed E-state index contributed by atoms with van der Waals surface area (Å²) in [6, 6.07) is 7.00. The fourth-order valence-corrected chi connectivity index (χ4v) is 3.16. The average molecular weight is 343 g/mol. The third-order valence-corrected chi connectivity index (χ3v) is 4.50. The Bertz CT molecular complexity index is 1070. The van der Waals surface area contributed by atoms with Gasteiger partial charge < -0.3 is 4.57 Å². The molecule has 0 spiro atoms. The molecule has 0 radical (unpaired) electrons. The largest absolute Gasteiger partial charge is 0.337 e. The van der Waals surface area contributed by atoms with E-state index in [1.54, 1.807) is 41.2 Å². The molecule has 0 N–H and O–H groups in total. The van der Waals surface area contributed by atoms with E-state index in [9.17, 15) is 9.59 Å². The second-order valence-corrected chi connectivity index (χ2v) is 6.24. The second-order valence-electron chi connectivity index (χ2n) is 5.83. The van der Waals surface area contributed by atoms with E-state index in [0.717, 1.165) is 12.8 Å². The summed E-state index contributed by atoms with van der Waals surface area (Å²) in [5.74, 6) is 0. The number of para-hydroxylation sites is 1. The number of hydrogen-bond acceptors (Lipinski definition) is 3. The first-order valence-electron chi connectivity index (χ1n) is 7.71. The van der Waals surface area contributed by atoms with Gasteiger partial charge in [-0.15, -0.1) is 6.58 Å². The zero-order valence-corrected chi connectivity index (χ0v) is 13.6. The molecule has 4 rings (SSSR count). The number of allylic oxidation sites excluding steroid dienone is 1. The number of rotatable bonds is 4. The Morgan fingerprint density at radius 3 is 2.71 bits per heavy atom. The number of fused-ring (bicyclic) bond motifs is 1. The van der Waals surface area contributed by atoms with Crippen molar-refractivity contribution >= 4 is 22.8 Å². The molecule has 7 heteroatoms. The van der Waals surface area contributed by atoms with Gasteiger partial charge in [-0.1, -0.05) is 29.8 Å². The van der Waals surface area contributed by atoms with Crippen LogP contribution in [0, 0.1) is 0 Å². The van der Waals surface area contributed by atoms with Crippen LogP contribution in [0.25, 0.3) is 16.9 Å². The summed E-state index contributed by atoms with van der Waals surface area (Å²) in [7, 11) is 0. The lowest BCUT2D eigenvalue weighted by Crippen LogP contribution is -2.39. The zero-order valence-electron chi connectivity index (χ0n) is 12.9. The van der Waals surface area contributed by atoms with Crippen molar-refractivity contribution in [3.8, 4) is 5.69 Å². The van der Waals surface area contributed by atoms with E-state index in [1.165, 1.54) is 9.13 Å². The summed E-state index contributed by atoms with van der Waals surface area (Å²) in [5, 5.41) is 0.431. The zero-order chi connectivity index (χ0) is 16.8. The first kappa shape index (κ1) is 15.0. The van der Waals surface area contributed by atoms with Crippen LogP contribution in [0.1, 0.15) is 18.9 Å². The van der Waals surface area contributed by atoms with Gasteiger partial charge in [0.25, 0.3) is 5.56 Å². The molecule has 3 aromatic rings. The van der Waals surface area contributed by atoms with Crippen LogP contribution >= 0.6 is 11.6 Å². The normalized spacial score (nSPS) is 14.2. The molecule has 0 saturated heterocycles. The highest BCUT2D eigenvalue weighted by atomic mass is 35.5. The van der Waals surface area contributed by atoms with Gasteiger partial charge in [-0.05, 0) is 25.0 Å². The van der Waals surface area contributed by atoms with Crippen LogP contribution in [0.5, 0.6) is 0 Å². The van der Waals surface area contributed by atoms with E-state index in [4.69, 9.17) is 11.6 Å². The molecule has 1 saturated carbocycles. The molecule has 1 fully saturated rings. The number of halogens is 1. The summed E-state index contributed by atoms with van der Waals surface area (Å²) in [6.07, 6.45) is 4.91. The molecule has 1 aromatic carbocycles. The van der Waals surface area contributed by atoms with Crippen molar-refractivity contribution in [2.75, 3.05) is 0 Å². The quantitative estimate of drug-likeness (QED) is 0.684. The lowest BCUT2D eigenvalue weighted by Gasteiger charge is -2.12. The van der Waals surface area contributed by atoms with Crippen LogP contribution in [0.3, 0.4) is 0 Å². The predicted octanol–water partition coefficient (Wildman–Crippen LogP) is 2.52. The van der Waals surface area contributed by atoms with Crippen molar-refractivity contribution in [1.82, 2.24) is 18.7 Å². The summed E-state index contributed by atoms with van der Waals surface area (Å²) in [4.78, 5) is 30.2. The van der Waals surface area contributed by atoms with Gasteiger partial charge in [0.1, 0.15) is 0 Å². The number of imidazole rings is 1. The van der Waals surface area contributed by atoms with Crippen molar-refractivity contribution in [3.05, 3.63) is 69.1 Å². The molecular formula is C17H15ClN4O2. The highest BCUT2D eigenvalue weighted by molar-refractivity contribution is 6.32. The van der Waals surface area contributed by atoms with Gasteiger partial charge in [-0.3, -0.25) is 9.36 Å². The van der Waals surface area contributed by atoms with Gasteiger partial charge in [0.15, 0.2) is 11.2 Å². The summed E-state index contributed by atoms with van der Waals surface area (Å²) in [6.45, 7) is 4.15. The fourth-order valence-electron chi connectivity index (χ4n) is 2.94. The Morgan fingerprint density at radius 2 is 2.04 bits per heavy atom. The van der Waals surface area contributed by atoms with Crippen molar-refractivity contribution in [3.63, 3.8) is 0 Å². The third-order valence-electron chi connectivity index (χ3n) is 4.18. The van der Waals surface area contributed by atoms with Crippen LogP contribution < -0.4 is 11.2 Å². The molecule has 2 aromatic heterocycles. The van der Waals surface area contributed by atoms with Crippen molar-refractivity contribution in [2.24, 2.45) is 0 Å². The molecule has 0 aliphatic heterocycles. The maximum atomic E-state index is 13.0. The van der Waals surface area contributed by atoms with Crippen LogP contribution in [0.15, 0.2) is 52.8 Å². The molecule has 6 nitrogen and oxygen atoms in total. The van der Waals surface area contributed by atoms with E-state index in [0.29, 0.717) is 28.4 Å². The summed E-state index contributed by atoms with van der Waals surface area (Å²) >= 11 is 6.29. The molecule has 1 aliphatic carbocycles. The monoisotopic (exact) mass is 342 g/mol. The maximum absolute atomic E-state index is 13.0. The Hall–Kier alpha value is -2.60. The SMILES string of the molecule is C=CCn1cnc2c1c(=O)n(C1CC1)c(=O)n2-c1ccccc1Cl. The van der Waals surface area contributed by atoms with Crippen LogP contribution in [-0.2, 0) is 6.54 Å². The standard InChI is InChI=1S/C17H15ClN4O2/c1-2-9-20-10-19-15-14(20)16(23)21(11-7-8-11)17(24)22(15)13-6-4-3-5-12(13)18/h2-6,10-11H,1,7-9H2. The molecule has 0 bridgehead atoms. The van der Waals surface area contributed by atoms with Crippen LogP contribution in [0.4, 0.5) is 0 Å². The van der Waals surface area contributed by atoms with E-state index in [1.807, 2.05) is 0 Å². The minimum absolute atomic E-state index is 0.0461. The topological polar surface area (TPSA) is 61.8 Å².